The summed E-state index contributed by atoms with van der Waals surface area (Å²) in [5, 5.41) is 0.391. The van der Waals surface area contributed by atoms with Crippen molar-refractivity contribution >= 4 is 33.5 Å². The Hall–Kier alpha value is -2.94. The van der Waals surface area contributed by atoms with Crippen LogP contribution in [-0.4, -0.2) is 35.2 Å². The summed E-state index contributed by atoms with van der Waals surface area (Å²) in [6.07, 6.45) is 0. The minimum Gasteiger partial charge on any atom is -0.463 e. The fourth-order valence-electron chi connectivity index (χ4n) is 3.05. The maximum Gasteiger partial charge on any atom is 0.373 e. The Bertz CT molecular complexity index is 1140. The highest BCUT2D eigenvalue weighted by atomic mass is 32.1. The molecule has 0 aliphatic heterocycles. The molecule has 29 heavy (non-hydrogen) atoms. The van der Waals surface area contributed by atoms with E-state index in [1.165, 1.54) is 17.7 Å². The van der Waals surface area contributed by atoms with E-state index >= 15 is 0 Å². The molecule has 0 N–H and O–H groups in total. The van der Waals surface area contributed by atoms with Gasteiger partial charge in [0.2, 0.25) is 5.76 Å². The van der Waals surface area contributed by atoms with Crippen LogP contribution in [0, 0.1) is 6.92 Å². The van der Waals surface area contributed by atoms with Gasteiger partial charge >= 0.3 is 11.9 Å². The molecule has 3 rings (SSSR count). The Morgan fingerprint density at radius 2 is 2.00 bits per heavy atom. The number of hydrogen-bond acceptors (Lipinski definition) is 8. The Kier molecular flexibility index (Phi) is 5.88. The van der Waals surface area contributed by atoms with Crippen LogP contribution in [0.4, 0.5) is 0 Å². The maximum atomic E-state index is 13.3. The summed E-state index contributed by atoms with van der Waals surface area (Å²) < 4.78 is 16.8. The third-order valence-corrected chi connectivity index (χ3v) is 5.58. The van der Waals surface area contributed by atoms with Gasteiger partial charge in [-0.15, -0.1) is 11.3 Å². The van der Waals surface area contributed by atoms with Gasteiger partial charge in [0.1, 0.15) is 21.3 Å². The van der Waals surface area contributed by atoms with E-state index in [4.69, 9.17) is 9.15 Å². The van der Waals surface area contributed by atoms with Gasteiger partial charge in [0.15, 0.2) is 0 Å². The van der Waals surface area contributed by atoms with Crippen molar-refractivity contribution < 1.29 is 23.5 Å². The quantitative estimate of drug-likeness (QED) is 0.565. The SMILES string of the molecule is CCOC(=O)c1sc2nc(C(C)C)n(Cc3ccc(C(=O)OC)o3)c(=O)c2c1C. The summed E-state index contributed by atoms with van der Waals surface area (Å²) in [5.41, 5.74) is 0.290. The summed E-state index contributed by atoms with van der Waals surface area (Å²) in [7, 11) is 1.27. The number of aromatic nitrogens is 2. The van der Waals surface area contributed by atoms with Crippen molar-refractivity contribution in [1.82, 2.24) is 9.55 Å². The van der Waals surface area contributed by atoms with Gasteiger partial charge in [-0.05, 0) is 31.5 Å². The molecule has 0 atom stereocenters. The highest BCUT2D eigenvalue weighted by Gasteiger charge is 2.24. The third-order valence-electron chi connectivity index (χ3n) is 4.42. The first-order valence-electron chi connectivity index (χ1n) is 9.16. The van der Waals surface area contributed by atoms with Crippen molar-refractivity contribution in [2.45, 2.75) is 40.2 Å². The average molecular weight is 418 g/mol. The van der Waals surface area contributed by atoms with E-state index < -0.39 is 11.9 Å². The number of ether oxygens (including phenoxy) is 2. The smallest absolute Gasteiger partial charge is 0.373 e. The van der Waals surface area contributed by atoms with E-state index in [1.54, 1.807) is 19.9 Å². The monoisotopic (exact) mass is 418 g/mol. The maximum absolute atomic E-state index is 13.3. The molecule has 3 aromatic heterocycles. The zero-order valence-electron chi connectivity index (χ0n) is 16.9. The first kappa shape index (κ1) is 20.8. The van der Waals surface area contributed by atoms with Crippen LogP contribution in [0.3, 0.4) is 0 Å². The normalized spacial score (nSPS) is 11.2. The number of furan rings is 1. The molecule has 0 aliphatic rings. The van der Waals surface area contributed by atoms with Crippen molar-refractivity contribution in [2.24, 2.45) is 0 Å². The van der Waals surface area contributed by atoms with Gasteiger partial charge in [0.25, 0.3) is 5.56 Å². The molecule has 0 radical (unpaired) electrons. The molecule has 8 nitrogen and oxygen atoms in total. The van der Waals surface area contributed by atoms with Gasteiger partial charge in [-0.1, -0.05) is 13.8 Å². The molecule has 9 heteroatoms. The van der Waals surface area contributed by atoms with Gasteiger partial charge in [-0.2, -0.15) is 0 Å². The lowest BCUT2D eigenvalue weighted by atomic mass is 10.1. The number of fused-ring (bicyclic) bond motifs is 1. The molecule has 0 amide bonds. The van der Waals surface area contributed by atoms with Crippen molar-refractivity contribution in [2.75, 3.05) is 13.7 Å². The number of thiophene rings is 1. The molecule has 0 saturated heterocycles. The number of carbonyl (C=O) groups excluding carboxylic acids is 2. The predicted molar refractivity (Wildman–Crippen MR) is 108 cm³/mol. The number of rotatable bonds is 6. The van der Waals surface area contributed by atoms with E-state index in [2.05, 4.69) is 9.72 Å². The molecular weight excluding hydrogens is 396 g/mol. The van der Waals surface area contributed by atoms with Crippen LogP contribution in [0.15, 0.2) is 21.3 Å². The van der Waals surface area contributed by atoms with Crippen LogP contribution >= 0.6 is 11.3 Å². The van der Waals surface area contributed by atoms with Gasteiger partial charge in [-0.25, -0.2) is 14.6 Å². The second-order valence-electron chi connectivity index (χ2n) is 6.73. The van der Waals surface area contributed by atoms with E-state index in [9.17, 15) is 14.4 Å². The van der Waals surface area contributed by atoms with Gasteiger partial charge in [0.05, 0.1) is 25.6 Å². The second kappa shape index (κ2) is 8.20. The average Bonchev–Trinajstić information content (AvgIpc) is 3.28. The number of aryl methyl sites for hydroxylation is 1. The zero-order valence-corrected chi connectivity index (χ0v) is 17.7. The molecule has 0 unspecified atom stereocenters. The van der Waals surface area contributed by atoms with Crippen molar-refractivity contribution in [3.8, 4) is 0 Å². The van der Waals surface area contributed by atoms with Gasteiger partial charge in [0, 0.05) is 5.92 Å². The van der Waals surface area contributed by atoms with E-state index in [0.717, 1.165) is 11.3 Å². The molecule has 0 aromatic carbocycles. The number of methoxy groups -OCH3 is 1. The first-order chi connectivity index (χ1) is 13.8. The predicted octanol–water partition coefficient (Wildman–Crippen LogP) is 3.49. The fraction of sp³-hybridized carbons (Fsp3) is 0.400. The number of hydrogen-bond donors (Lipinski definition) is 0. The largest absolute Gasteiger partial charge is 0.463 e. The second-order valence-corrected chi connectivity index (χ2v) is 7.73. The molecule has 3 heterocycles. The van der Waals surface area contributed by atoms with Crippen LogP contribution in [0.2, 0.25) is 0 Å². The number of nitrogens with zero attached hydrogens (tertiary/aromatic N) is 2. The third kappa shape index (κ3) is 3.82. The van der Waals surface area contributed by atoms with Gasteiger partial charge in [-0.3, -0.25) is 9.36 Å². The van der Waals surface area contributed by atoms with Crippen molar-refractivity contribution in [3.63, 3.8) is 0 Å². The summed E-state index contributed by atoms with van der Waals surface area (Å²) in [5.74, 6) is -0.0420. The van der Waals surface area contributed by atoms with Crippen molar-refractivity contribution in [3.05, 3.63) is 50.3 Å². The topological polar surface area (TPSA) is 101 Å². The summed E-state index contributed by atoms with van der Waals surface area (Å²) in [4.78, 5) is 42.7. The summed E-state index contributed by atoms with van der Waals surface area (Å²) in [6, 6.07) is 3.12. The summed E-state index contributed by atoms with van der Waals surface area (Å²) >= 11 is 1.16. The van der Waals surface area contributed by atoms with Crippen LogP contribution in [0.1, 0.15) is 64.1 Å². The number of carbonyl (C=O) groups is 2. The van der Waals surface area contributed by atoms with Crippen LogP contribution < -0.4 is 5.56 Å². The molecule has 3 aromatic rings. The lowest BCUT2D eigenvalue weighted by molar-refractivity contribution is 0.0529. The lowest BCUT2D eigenvalue weighted by Crippen LogP contribution is -2.26. The highest BCUT2D eigenvalue weighted by Crippen LogP contribution is 2.29. The van der Waals surface area contributed by atoms with E-state index in [0.29, 0.717) is 32.2 Å². The minimum absolute atomic E-state index is 0.0458. The van der Waals surface area contributed by atoms with Crippen molar-refractivity contribution in [1.29, 1.82) is 0 Å². The molecular formula is C20H22N2O6S. The Morgan fingerprint density at radius 3 is 2.62 bits per heavy atom. The molecule has 154 valence electrons. The minimum atomic E-state index is -0.589. The van der Waals surface area contributed by atoms with Gasteiger partial charge < -0.3 is 13.9 Å². The number of esters is 2. The highest BCUT2D eigenvalue weighted by molar-refractivity contribution is 7.20. The van der Waals surface area contributed by atoms with Crippen LogP contribution in [0.25, 0.3) is 10.2 Å². The zero-order chi connectivity index (χ0) is 21.3. The molecule has 0 spiro atoms. The van der Waals surface area contributed by atoms with E-state index in [-0.39, 0.29) is 30.4 Å². The van der Waals surface area contributed by atoms with Crippen LogP contribution in [-0.2, 0) is 16.0 Å². The van der Waals surface area contributed by atoms with Crippen LogP contribution in [0.5, 0.6) is 0 Å². The molecule has 0 bridgehead atoms. The molecule has 0 aliphatic carbocycles. The Labute approximate surface area is 171 Å². The standard InChI is InChI=1S/C20H22N2O6S/c1-6-27-20(25)15-11(4)14-17(29-15)21-16(10(2)3)22(18(14)23)9-12-7-8-13(28-12)19(24)26-5/h7-8,10H,6,9H2,1-5H3. The Balaban J connectivity index is 2.14. The lowest BCUT2D eigenvalue weighted by Gasteiger charge is -2.14. The Morgan fingerprint density at radius 1 is 1.28 bits per heavy atom. The summed E-state index contributed by atoms with van der Waals surface area (Å²) in [6.45, 7) is 7.67. The molecule has 0 saturated carbocycles. The molecule has 0 fully saturated rings. The fourth-order valence-corrected chi connectivity index (χ4v) is 4.12. The van der Waals surface area contributed by atoms with E-state index in [1.807, 2.05) is 13.8 Å². The first-order valence-corrected chi connectivity index (χ1v) is 9.98.